The SMILES string of the molecule is CC(O)CCc1nc(-c2ccc(F)c(Cl)c2)no1. The Hall–Kier alpha value is -1.46. The molecule has 18 heavy (non-hydrogen) atoms. The third-order valence-corrected chi connectivity index (χ3v) is 2.71. The minimum absolute atomic E-state index is 0.0165. The standard InChI is InChI=1S/C12H12ClFN2O2/c1-7(17)2-5-11-15-12(16-18-11)8-3-4-10(14)9(13)6-8/h3-4,6-7,17H,2,5H2,1H3. The van der Waals surface area contributed by atoms with E-state index in [1.165, 1.54) is 18.2 Å². The normalized spacial score (nSPS) is 12.7. The van der Waals surface area contributed by atoms with Crippen LogP contribution < -0.4 is 0 Å². The van der Waals surface area contributed by atoms with E-state index in [1.54, 1.807) is 6.92 Å². The number of aromatic nitrogens is 2. The third-order valence-electron chi connectivity index (χ3n) is 2.42. The first-order chi connectivity index (χ1) is 8.56. The highest BCUT2D eigenvalue weighted by molar-refractivity contribution is 6.31. The molecule has 1 aromatic carbocycles. The van der Waals surface area contributed by atoms with E-state index in [1.807, 2.05) is 0 Å². The first-order valence-corrected chi connectivity index (χ1v) is 5.90. The van der Waals surface area contributed by atoms with Crippen molar-refractivity contribution < 1.29 is 14.0 Å². The van der Waals surface area contributed by atoms with Crippen LogP contribution in [0.15, 0.2) is 22.7 Å². The van der Waals surface area contributed by atoms with E-state index in [-0.39, 0.29) is 5.02 Å². The highest BCUT2D eigenvalue weighted by Crippen LogP contribution is 2.22. The van der Waals surface area contributed by atoms with Crippen LogP contribution in [0.1, 0.15) is 19.2 Å². The number of rotatable bonds is 4. The van der Waals surface area contributed by atoms with Crippen LogP contribution in [0.4, 0.5) is 4.39 Å². The summed E-state index contributed by atoms with van der Waals surface area (Å²) in [4.78, 5) is 4.15. The highest BCUT2D eigenvalue weighted by Gasteiger charge is 2.11. The van der Waals surface area contributed by atoms with Gasteiger partial charge in [0.15, 0.2) is 0 Å². The Labute approximate surface area is 108 Å². The molecule has 96 valence electrons. The molecule has 1 heterocycles. The minimum Gasteiger partial charge on any atom is -0.393 e. The molecule has 4 nitrogen and oxygen atoms in total. The number of nitrogens with zero attached hydrogens (tertiary/aromatic N) is 2. The van der Waals surface area contributed by atoms with E-state index in [2.05, 4.69) is 10.1 Å². The van der Waals surface area contributed by atoms with Gasteiger partial charge >= 0.3 is 0 Å². The van der Waals surface area contributed by atoms with Gasteiger partial charge in [0.05, 0.1) is 11.1 Å². The zero-order valence-electron chi connectivity index (χ0n) is 9.73. The van der Waals surface area contributed by atoms with Crippen molar-refractivity contribution in [3.63, 3.8) is 0 Å². The summed E-state index contributed by atoms with van der Waals surface area (Å²) in [5.74, 6) is 0.307. The molecule has 0 aliphatic rings. The van der Waals surface area contributed by atoms with Crippen LogP contribution >= 0.6 is 11.6 Å². The summed E-state index contributed by atoms with van der Waals surface area (Å²) in [5.41, 5.74) is 0.591. The van der Waals surface area contributed by atoms with Gasteiger partial charge in [-0.1, -0.05) is 16.8 Å². The maximum absolute atomic E-state index is 13.0. The highest BCUT2D eigenvalue weighted by atomic mass is 35.5. The molecule has 0 bridgehead atoms. The third kappa shape index (κ3) is 3.05. The van der Waals surface area contributed by atoms with Gasteiger partial charge in [0.1, 0.15) is 5.82 Å². The fourth-order valence-corrected chi connectivity index (χ4v) is 1.62. The van der Waals surface area contributed by atoms with Gasteiger partial charge in [-0.25, -0.2) is 4.39 Å². The molecular formula is C12H12ClFN2O2. The maximum atomic E-state index is 13.0. The second kappa shape index (κ2) is 5.46. The van der Waals surface area contributed by atoms with Gasteiger partial charge in [-0.15, -0.1) is 0 Å². The average Bonchev–Trinajstić information content (AvgIpc) is 2.79. The van der Waals surface area contributed by atoms with Gasteiger partial charge in [-0.3, -0.25) is 0 Å². The Morgan fingerprint density at radius 1 is 1.50 bits per heavy atom. The Balaban J connectivity index is 2.16. The molecule has 0 radical (unpaired) electrons. The molecule has 1 N–H and O–H groups in total. The second-order valence-electron chi connectivity index (χ2n) is 4.03. The molecule has 0 aliphatic heterocycles. The van der Waals surface area contributed by atoms with Gasteiger partial charge in [-0.05, 0) is 31.5 Å². The van der Waals surface area contributed by atoms with E-state index < -0.39 is 11.9 Å². The van der Waals surface area contributed by atoms with Crippen LogP contribution in [0.2, 0.25) is 5.02 Å². The van der Waals surface area contributed by atoms with Gasteiger partial charge in [-0.2, -0.15) is 4.98 Å². The fraction of sp³-hybridized carbons (Fsp3) is 0.333. The molecule has 6 heteroatoms. The molecule has 1 atom stereocenters. The number of hydrogen-bond donors (Lipinski definition) is 1. The molecule has 1 unspecified atom stereocenters. The topological polar surface area (TPSA) is 59.2 Å². The molecule has 2 aromatic rings. The Morgan fingerprint density at radius 2 is 2.28 bits per heavy atom. The van der Waals surface area contributed by atoms with Crippen molar-refractivity contribution in [1.29, 1.82) is 0 Å². The predicted molar refractivity (Wildman–Crippen MR) is 64.7 cm³/mol. The van der Waals surface area contributed by atoms with Gasteiger partial charge in [0.2, 0.25) is 11.7 Å². The fourth-order valence-electron chi connectivity index (χ4n) is 1.44. The molecule has 1 aromatic heterocycles. The lowest BCUT2D eigenvalue weighted by atomic mass is 10.2. The summed E-state index contributed by atoms with van der Waals surface area (Å²) in [5, 5.41) is 13.0. The van der Waals surface area contributed by atoms with E-state index in [0.29, 0.717) is 30.1 Å². The minimum atomic E-state index is -0.488. The summed E-state index contributed by atoms with van der Waals surface area (Å²) in [6.07, 6.45) is 0.631. The zero-order valence-corrected chi connectivity index (χ0v) is 10.5. The van der Waals surface area contributed by atoms with Crippen LogP contribution in [-0.4, -0.2) is 21.4 Å². The van der Waals surface area contributed by atoms with Gasteiger partial charge < -0.3 is 9.63 Å². The average molecular weight is 271 g/mol. The largest absolute Gasteiger partial charge is 0.393 e. The number of halogens is 2. The lowest BCUT2D eigenvalue weighted by Crippen LogP contribution is -2.01. The monoisotopic (exact) mass is 270 g/mol. The lowest BCUT2D eigenvalue weighted by molar-refractivity contribution is 0.180. The summed E-state index contributed by atoms with van der Waals surface area (Å²) in [6, 6.07) is 4.23. The molecule has 0 aliphatic carbocycles. The van der Waals surface area contributed by atoms with Crippen LogP contribution in [-0.2, 0) is 6.42 Å². The summed E-state index contributed by atoms with van der Waals surface area (Å²) in [7, 11) is 0. The second-order valence-corrected chi connectivity index (χ2v) is 4.44. The van der Waals surface area contributed by atoms with Crippen molar-refractivity contribution in [2.75, 3.05) is 0 Å². The van der Waals surface area contributed by atoms with Crippen molar-refractivity contribution in [1.82, 2.24) is 10.1 Å². The van der Waals surface area contributed by atoms with Crippen molar-refractivity contribution in [2.45, 2.75) is 25.9 Å². The summed E-state index contributed by atoms with van der Waals surface area (Å²) in [6.45, 7) is 1.69. The van der Waals surface area contributed by atoms with E-state index in [0.717, 1.165) is 0 Å². The van der Waals surface area contributed by atoms with Crippen LogP contribution in [0.3, 0.4) is 0 Å². The first-order valence-electron chi connectivity index (χ1n) is 5.52. The molecule has 0 fully saturated rings. The van der Waals surface area contributed by atoms with E-state index >= 15 is 0 Å². The number of hydrogen-bond acceptors (Lipinski definition) is 4. The molecule has 0 spiro atoms. The zero-order chi connectivity index (χ0) is 13.1. The van der Waals surface area contributed by atoms with E-state index in [9.17, 15) is 4.39 Å². The Kier molecular flexibility index (Phi) is 3.93. The molecule has 0 saturated carbocycles. The van der Waals surface area contributed by atoms with Crippen molar-refractivity contribution in [2.24, 2.45) is 0 Å². The Bertz CT molecular complexity index is 543. The van der Waals surface area contributed by atoms with Crippen molar-refractivity contribution in [3.05, 3.63) is 34.9 Å². The summed E-state index contributed by atoms with van der Waals surface area (Å²) < 4.78 is 18.0. The van der Waals surface area contributed by atoms with Crippen LogP contribution in [0, 0.1) is 5.82 Å². The number of aryl methyl sites for hydroxylation is 1. The summed E-state index contributed by atoms with van der Waals surface area (Å²) >= 11 is 5.68. The number of benzene rings is 1. The quantitative estimate of drug-likeness (QED) is 0.928. The molecule has 0 amide bonds. The van der Waals surface area contributed by atoms with Crippen molar-refractivity contribution in [3.8, 4) is 11.4 Å². The molecular weight excluding hydrogens is 259 g/mol. The van der Waals surface area contributed by atoms with Crippen molar-refractivity contribution >= 4 is 11.6 Å². The predicted octanol–water partition coefficient (Wildman–Crippen LogP) is 2.84. The lowest BCUT2D eigenvalue weighted by Gasteiger charge is -1.98. The van der Waals surface area contributed by atoms with E-state index in [4.69, 9.17) is 21.2 Å². The van der Waals surface area contributed by atoms with Gasteiger partial charge in [0.25, 0.3) is 0 Å². The van der Waals surface area contributed by atoms with Crippen LogP contribution in [0.25, 0.3) is 11.4 Å². The smallest absolute Gasteiger partial charge is 0.227 e. The molecule has 0 saturated heterocycles. The first kappa shape index (κ1) is 13.0. The number of aliphatic hydroxyl groups is 1. The number of aliphatic hydroxyl groups excluding tert-OH is 1. The molecule has 2 rings (SSSR count). The maximum Gasteiger partial charge on any atom is 0.227 e. The Morgan fingerprint density at radius 3 is 2.94 bits per heavy atom. The van der Waals surface area contributed by atoms with Gasteiger partial charge in [0, 0.05) is 12.0 Å². The van der Waals surface area contributed by atoms with Crippen LogP contribution in [0.5, 0.6) is 0 Å².